The van der Waals surface area contributed by atoms with Crippen LogP contribution in [-0.4, -0.2) is 25.3 Å². The number of nitriles is 1. The average molecular weight is 276 g/mol. The van der Waals surface area contributed by atoms with Crippen molar-refractivity contribution in [1.29, 1.82) is 5.26 Å². The van der Waals surface area contributed by atoms with E-state index in [4.69, 9.17) is 9.47 Å². The van der Waals surface area contributed by atoms with Crippen molar-refractivity contribution < 1.29 is 9.47 Å². The molecular weight excluding hydrogens is 252 g/mol. The first kappa shape index (κ1) is 16.3. The Morgan fingerprint density at radius 1 is 1.25 bits per heavy atom. The van der Waals surface area contributed by atoms with Gasteiger partial charge in [0, 0.05) is 6.04 Å². The van der Waals surface area contributed by atoms with Gasteiger partial charge in [-0.3, -0.25) is 5.32 Å². The van der Waals surface area contributed by atoms with Gasteiger partial charge in [0.05, 0.1) is 19.8 Å². The Morgan fingerprint density at radius 3 is 2.35 bits per heavy atom. The standard InChI is InChI=1S/C16H24N2O2/c1-13(2)18-16(3,12-17)10-5-11-20-15-8-6-14(19-4)7-9-15/h6-9,13,18H,5,10-11H2,1-4H3. The van der Waals surface area contributed by atoms with Gasteiger partial charge in [-0.05, 0) is 57.9 Å². The highest BCUT2D eigenvalue weighted by Gasteiger charge is 2.23. The zero-order chi connectivity index (χ0) is 15.0. The third-order valence-electron chi connectivity index (χ3n) is 3.00. The summed E-state index contributed by atoms with van der Waals surface area (Å²) in [5.74, 6) is 1.64. The molecule has 0 saturated carbocycles. The highest BCUT2D eigenvalue weighted by Crippen LogP contribution is 2.18. The monoisotopic (exact) mass is 276 g/mol. The number of nitrogens with zero attached hydrogens (tertiary/aromatic N) is 1. The van der Waals surface area contributed by atoms with E-state index >= 15 is 0 Å². The Hall–Kier alpha value is -1.73. The van der Waals surface area contributed by atoms with Gasteiger partial charge in [-0.2, -0.15) is 5.26 Å². The van der Waals surface area contributed by atoms with Crippen LogP contribution in [0.2, 0.25) is 0 Å². The Bertz CT molecular complexity index is 437. The normalized spacial score (nSPS) is 13.6. The zero-order valence-electron chi connectivity index (χ0n) is 12.8. The van der Waals surface area contributed by atoms with Crippen molar-refractivity contribution in [3.05, 3.63) is 24.3 Å². The molecule has 0 aliphatic carbocycles. The summed E-state index contributed by atoms with van der Waals surface area (Å²) in [5, 5.41) is 12.5. The van der Waals surface area contributed by atoms with Crippen LogP contribution in [0.3, 0.4) is 0 Å². The number of ether oxygens (including phenoxy) is 2. The van der Waals surface area contributed by atoms with Crippen LogP contribution in [0.4, 0.5) is 0 Å². The molecule has 0 fully saturated rings. The molecule has 0 aliphatic heterocycles. The smallest absolute Gasteiger partial charge is 0.119 e. The van der Waals surface area contributed by atoms with Gasteiger partial charge < -0.3 is 9.47 Å². The molecule has 110 valence electrons. The second-order valence-electron chi connectivity index (χ2n) is 5.37. The summed E-state index contributed by atoms with van der Waals surface area (Å²) in [6.45, 7) is 6.62. The Kier molecular flexibility index (Phi) is 6.33. The molecule has 1 aromatic carbocycles. The maximum atomic E-state index is 9.24. The summed E-state index contributed by atoms with van der Waals surface area (Å²) in [7, 11) is 1.64. The molecule has 0 spiro atoms. The minimum Gasteiger partial charge on any atom is -0.497 e. The molecule has 0 radical (unpaired) electrons. The van der Waals surface area contributed by atoms with Crippen LogP contribution in [-0.2, 0) is 0 Å². The molecule has 4 heteroatoms. The fraction of sp³-hybridized carbons (Fsp3) is 0.562. The molecule has 20 heavy (non-hydrogen) atoms. The van der Waals surface area contributed by atoms with Gasteiger partial charge in [0.15, 0.2) is 0 Å². The number of rotatable bonds is 8. The summed E-state index contributed by atoms with van der Waals surface area (Å²) < 4.78 is 10.7. The summed E-state index contributed by atoms with van der Waals surface area (Å²) in [5.41, 5.74) is -0.489. The molecule has 4 nitrogen and oxygen atoms in total. The molecule has 1 unspecified atom stereocenters. The Morgan fingerprint density at radius 2 is 1.85 bits per heavy atom. The van der Waals surface area contributed by atoms with E-state index < -0.39 is 5.54 Å². The molecule has 1 aromatic rings. The summed E-state index contributed by atoms with van der Waals surface area (Å²) in [6.07, 6.45) is 1.59. The highest BCUT2D eigenvalue weighted by atomic mass is 16.5. The molecule has 0 amide bonds. The van der Waals surface area contributed by atoms with E-state index in [1.54, 1.807) is 7.11 Å². The molecule has 1 atom stereocenters. The molecule has 0 heterocycles. The first-order chi connectivity index (χ1) is 9.49. The van der Waals surface area contributed by atoms with Crippen molar-refractivity contribution in [1.82, 2.24) is 5.32 Å². The van der Waals surface area contributed by atoms with Gasteiger partial charge in [-0.1, -0.05) is 0 Å². The van der Waals surface area contributed by atoms with Crippen molar-refractivity contribution in [2.24, 2.45) is 0 Å². The second-order valence-corrected chi connectivity index (χ2v) is 5.37. The Balaban J connectivity index is 2.35. The van der Waals surface area contributed by atoms with E-state index in [1.165, 1.54) is 0 Å². The van der Waals surface area contributed by atoms with Crippen LogP contribution in [0.25, 0.3) is 0 Å². The van der Waals surface area contributed by atoms with Crippen LogP contribution in [0.15, 0.2) is 24.3 Å². The summed E-state index contributed by atoms with van der Waals surface area (Å²) in [4.78, 5) is 0. The fourth-order valence-corrected chi connectivity index (χ4v) is 2.09. The van der Waals surface area contributed by atoms with Gasteiger partial charge in [-0.25, -0.2) is 0 Å². The van der Waals surface area contributed by atoms with Gasteiger partial charge in [0.1, 0.15) is 17.0 Å². The zero-order valence-corrected chi connectivity index (χ0v) is 12.8. The lowest BCUT2D eigenvalue weighted by atomic mass is 9.97. The van der Waals surface area contributed by atoms with Crippen molar-refractivity contribution in [3.8, 4) is 17.6 Å². The molecule has 1 rings (SSSR count). The molecule has 0 aromatic heterocycles. The number of nitrogens with one attached hydrogen (secondary N) is 1. The molecule has 0 bridgehead atoms. The molecule has 1 N–H and O–H groups in total. The van der Waals surface area contributed by atoms with E-state index in [1.807, 2.05) is 45.0 Å². The lowest BCUT2D eigenvalue weighted by molar-refractivity contribution is 0.279. The van der Waals surface area contributed by atoms with Crippen LogP contribution in [0, 0.1) is 11.3 Å². The van der Waals surface area contributed by atoms with Crippen molar-refractivity contribution in [2.75, 3.05) is 13.7 Å². The predicted molar refractivity (Wildman–Crippen MR) is 80.0 cm³/mol. The third-order valence-corrected chi connectivity index (χ3v) is 3.00. The van der Waals surface area contributed by atoms with Gasteiger partial charge >= 0.3 is 0 Å². The van der Waals surface area contributed by atoms with Crippen molar-refractivity contribution in [3.63, 3.8) is 0 Å². The summed E-state index contributed by atoms with van der Waals surface area (Å²) in [6, 6.07) is 10.1. The summed E-state index contributed by atoms with van der Waals surface area (Å²) >= 11 is 0. The maximum absolute atomic E-state index is 9.24. The first-order valence-electron chi connectivity index (χ1n) is 6.95. The quantitative estimate of drug-likeness (QED) is 0.741. The molecule has 0 aliphatic rings. The number of benzene rings is 1. The maximum Gasteiger partial charge on any atom is 0.119 e. The van der Waals surface area contributed by atoms with Gasteiger partial charge in [0.2, 0.25) is 0 Å². The first-order valence-corrected chi connectivity index (χ1v) is 6.95. The van der Waals surface area contributed by atoms with Gasteiger partial charge in [-0.15, -0.1) is 0 Å². The fourth-order valence-electron chi connectivity index (χ4n) is 2.09. The lowest BCUT2D eigenvalue weighted by Gasteiger charge is -2.25. The number of hydrogen-bond donors (Lipinski definition) is 1. The predicted octanol–water partition coefficient (Wildman–Crippen LogP) is 3.13. The minimum absolute atomic E-state index is 0.294. The van der Waals surface area contributed by atoms with Crippen molar-refractivity contribution >= 4 is 0 Å². The third kappa shape index (κ3) is 5.50. The number of hydrogen-bond acceptors (Lipinski definition) is 4. The SMILES string of the molecule is COc1ccc(OCCCC(C)(C#N)NC(C)C)cc1. The van der Waals surface area contributed by atoms with E-state index in [0.29, 0.717) is 12.6 Å². The van der Waals surface area contributed by atoms with E-state index in [-0.39, 0.29) is 0 Å². The Labute approximate surface area is 121 Å². The highest BCUT2D eigenvalue weighted by molar-refractivity contribution is 5.31. The topological polar surface area (TPSA) is 54.3 Å². The van der Waals surface area contributed by atoms with Crippen LogP contribution in [0.5, 0.6) is 11.5 Å². The van der Waals surface area contributed by atoms with Crippen LogP contribution < -0.4 is 14.8 Å². The minimum atomic E-state index is -0.489. The van der Waals surface area contributed by atoms with E-state index in [2.05, 4.69) is 11.4 Å². The van der Waals surface area contributed by atoms with Crippen molar-refractivity contribution in [2.45, 2.75) is 45.2 Å². The molecular formula is C16H24N2O2. The van der Waals surface area contributed by atoms with Crippen LogP contribution >= 0.6 is 0 Å². The molecule has 0 saturated heterocycles. The van der Waals surface area contributed by atoms with E-state index in [0.717, 1.165) is 24.3 Å². The lowest BCUT2D eigenvalue weighted by Crippen LogP contribution is -2.45. The van der Waals surface area contributed by atoms with E-state index in [9.17, 15) is 5.26 Å². The average Bonchev–Trinajstić information content (AvgIpc) is 2.43. The largest absolute Gasteiger partial charge is 0.497 e. The number of methoxy groups -OCH3 is 1. The second kappa shape index (κ2) is 7.76. The van der Waals surface area contributed by atoms with Crippen LogP contribution in [0.1, 0.15) is 33.6 Å². The van der Waals surface area contributed by atoms with Gasteiger partial charge in [0.25, 0.3) is 0 Å².